The summed E-state index contributed by atoms with van der Waals surface area (Å²) in [6.07, 6.45) is 0.818. The van der Waals surface area contributed by atoms with E-state index in [4.69, 9.17) is 0 Å². The van der Waals surface area contributed by atoms with Crippen molar-refractivity contribution >= 4 is 11.6 Å². The van der Waals surface area contributed by atoms with E-state index in [1.807, 2.05) is 61.5 Å². The number of benzene rings is 2. The van der Waals surface area contributed by atoms with Crippen LogP contribution in [0.25, 0.3) is 11.3 Å². The summed E-state index contributed by atoms with van der Waals surface area (Å²) in [7, 11) is 0. The summed E-state index contributed by atoms with van der Waals surface area (Å²) < 4.78 is 1.19. The quantitative estimate of drug-likeness (QED) is 0.780. The minimum absolute atomic E-state index is 0.127. The number of rotatable bonds is 5. The van der Waals surface area contributed by atoms with E-state index in [9.17, 15) is 9.59 Å². The first kappa shape index (κ1) is 16.6. The first-order chi connectivity index (χ1) is 12.2. The van der Waals surface area contributed by atoms with Gasteiger partial charge in [-0.05, 0) is 24.1 Å². The number of hydrogen-bond acceptors (Lipinski definition) is 3. The lowest BCUT2D eigenvalue weighted by Gasteiger charge is -2.11. The summed E-state index contributed by atoms with van der Waals surface area (Å²) >= 11 is 0. The van der Waals surface area contributed by atoms with Crippen molar-refractivity contribution in [2.75, 3.05) is 5.32 Å². The monoisotopic (exact) mass is 333 g/mol. The number of amides is 1. The zero-order chi connectivity index (χ0) is 17.6. The minimum atomic E-state index is -0.307. The molecule has 0 saturated carbocycles. The topological polar surface area (TPSA) is 64.0 Å². The number of aryl methyl sites for hydroxylation is 1. The average Bonchev–Trinajstić information content (AvgIpc) is 2.64. The molecule has 0 spiro atoms. The lowest BCUT2D eigenvalue weighted by molar-refractivity contribution is -0.117. The van der Waals surface area contributed by atoms with Gasteiger partial charge in [-0.3, -0.25) is 9.59 Å². The molecule has 1 aromatic heterocycles. The van der Waals surface area contributed by atoms with Crippen molar-refractivity contribution < 1.29 is 4.79 Å². The normalized spacial score (nSPS) is 10.4. The standard InChI is InChI=1S/C20H19N3O2/c1-2-15-8-6-7-11-17(15)21-19(24)14-23-20(25)13-12-18(22-23)16-9-4-3-5-10-16/h3-13H,2,14H2,1H3,(H,21,24). The Kier molecular flexibility index (Phi) is 5.04. The summed E-state index contributed by atoms with van der Waals surface area (Å²) in [5.74, 6) is -0.277. The molecular weight excluding hydrogens is 314 g/mol. The van der Waals surface area contributed by atoms with Crippen LogP contribution in [0, 0.1) is 0 Å². The maximum Gasteiger partial charge on any atom is 0.267 e. The Hall–Kier alpha value is -3.21. The van der Waals surface area contributed by atoms with Gasteiger partial charge in [-0.25, -0.2) is 4.68 Å². The van der Waals surface area contributed by atoms with Crippen molar-refractivity contribution in [3.63, 3.8) is 0 Å². The van der Waals surface area contributed by atoms with Gasteiger partial charge in [0.2, 0.25) is 5.91 Å². The summed E-state index contributed by atoms with van der Waals surface area (Å²) in [5.41, 5.74) is 3.06. The second kappa shape index (κ2) is 7.57. The fourth-order valence-corrected chi connectivity index (χ4v) is 2.60. The van der Waals surface area contributed by atoms with Gasteiger partial charge >= 0.3 is 0 Å². The zero-order valence-corrected chi connectivity index (χ0v) is 14.0. The molecule has 1 heterocycles. The van der Waals surface area contributed by atoms with Crippen LogP contribution in [0.1, 0.15) is 12.5 Å². The zero-order valence-electron chi connectivity index (χ0n) is 14.0. The minimum Gasteiger partial charge on any atom is -0.324 e. The average molecular weight is 333 g/mol. The molecule has 1 amide bonds. The molecule has 0 unspecified atom stereocenters. The van der Waals surface area contributed by atoms with Crippen molar-refractivity contribution in [3.8, 4) is 11.3 Å². The number of nitrogens with one attached hydrogen (secondary N) is 1. The van der Waals surface area contributed by atoms with E-state index in [1.165, 1.54) is 10.7 Å². The molecule has 0 atom stereocenters. The highest BCUT2D eigenvalue weighted by atomic mass is 16.2. The number of aromatic nitrogens is 2. The smallest absolute Gasteiger partial charge is 0.267 e. The number of anilines is 1. The molecule has 5 heteroatoms. The molecule has 0 aliphatic rings. The fourth-order valence-electron chi connectivity index (χ4n) is 2.60. The second-order valence-electron chi connectivity index (χ2n) is 5.64. The first-order valence-corrected chi connectivity index (χ1v) is 8.18. The van der Waals surface area contributed by atoms with Gasteiger partial charge in [-0.2, -0.15) is 5.10 Å². The molecular formula is C20H19N3O2. The molecule has 3 rings (SSSR count). The Balaban J connectivity index is 1.80. The van der Waals surface area contributed by atoms with E-state index < -0.39 is 0 Å². The molecule has 25 heavy (non-hydrogen) atoms. The lowest BCUT2D eigenvalue weighted by Crippen LogP contribution is -2.29. The Morgan fingerprint density at radius 1 is 1.00 bits per heavy atom. The van der Waals surface area contributed by atoms with Crippen LogP contribution in [0.5, 0.6) is 0 Å². The van der Waals surface area contributed by atoms with Crippen LogP contribution in [0.15, 0.2) is 71.5 Å². The van der Waals surface area contributed by atoms with Crippen LogP contribution in [0.2, 0.25) is 0 Å². The highest BCUT2D eigenvalue weighted by Gasteiger charge is 2.09. The molecule has 2 aromatic carbocycles. The van der Waals surface area contributed by atoms with E-state index in [2.05, 4.69) is 10.4 Å². The highest BCUT2D eigenvalue weighted by molar-refractivity contribution is 5.91. The number of hydrogen-bond donors (Lipinski definition) is 1. The van der Waals surface area contributed by atoms with Crippen LogP contribution < -0.4 is 10.9 Å². The van der Waals surface area contributed by atoms with Gasteiger partial charge in [-0.15, -0.1) is 0 Å². The van der Waals surface area contributed by atoms with Gasteiger partial charge in [0, 0.05) is 17.3 Å². The van der Waals surface area contributed by atoms with Gasteiger partial charge in [-0.1, -0.05) is 55.5 Å². The van der Waals surface area contributed by atoms with Crippen molar-refractivity contribution in [3.05, 3.63) is 82.6 Å². The molecule has 0 aliphatic heterocycles. The third-order valence-corrected chi connectivity index (χ3v) is 3.90. The molecule has 0 fully saturated rings. The number of carbonyl (C=O) groups is 1. The second-order valence-corrected chi connectivity index (χ2v) is 5.64. The molecule has 3 aromatic rings. The van der Waals surface area contributed by atoms with Crippen LogP contribution in [-0.2, 0) is 17.8 Å². The summed E-state index contributed by atoms with van der Waals surface area (Å²) in [4.78, 5) is 24.4. The largest absolute Gasteiger partial charge is 0.324 e. The third-order valence-electron chi connectivity index (χ3n) is 3.90. The van der Waals surface area contributed by atoms with Gasteiger partial charge in [0.1, 0.15) is 6.54 Å². The van der Waals surface area contributed by atoms with Crippen molar-refractivity contribution in [2.45, 2.75) is 19.9 Å². The van der Waals surface area contributed by atoms with E-state index in [-0.39, 0.29) is 18.0 Å². The summed E-state index contributed by atoms with van der Waals surface area (Å²) in [6, 6.07) is 20.3. The van der Waals surface area contributed by atoms with Crippen LogP contribution in [0.4, 0.5) is 5.69 Å². The predicted octanol–water partition coefficient (Wildman–Crippen LogP) is 3.11. The Labute approximate surface area is 145 Å². The molecule has 0 aliphatic carbocycles. The Morgan fingerprint density at radius 3 is 2.48 bits per heavy atom. The van der Waals surface area contributed by atoms with Crippen molar-refractivity contribution in [1.82, 2.24) is 9.78 Å². The highest BCUT2D eigenvalue weighted by Crippen LogP contribution is 2.16. The van der Waals surface area contributed by atoms with Crippen molar-refractivity contribution in [1.29, 1.82) is 0 Å². The first-order valence-electron chi connectivity index (χ1n) is 8.18. The van der Waals surface area contributed by atoms with Crippen molar-refractivity contribution in [2.24, 2.45) is 0 Å². The summed E-state index contributed by atoms with van der Waals surface area (Å²) in [6.45, 7) is 1.90. The molecule has 0 radical (unpaired) electrons. The molecule has 126 valence electrons. The molecule has 5 nitrogen and oxygen atoms in total. The molecule has 1 N–H and O–H groups in total. The van der Waals surface area contributed by atoms with Gasteiger partial charge in [0.05, 0.1) is 5.69 Å². The summed E-state index contributed by atoms with van der Waals surface area (Å²) in [5, 5.41) is 7.17. The fraction of sp³-hybridized carbons (Fsp3) is 0.150. The van der Waals surface area contributed by atoms with Crippen LogP contribution >= 0.6 is 0 Å². The van der Waals surface area contributed by atoms with E-state index >= 15 is 0 Å². The maximum atomic E-state index is 12.3. The maximum absolute atomic E-state index is 12.3. The van der Waals surface area contributed by atoms with Crippen LogP contribution in [-0.4, -0.2) is 15.7 Å². The number of nitrogens with zero attached hydrogens (tertiary/aromatic N) is 2. The number of carbonyl (C=O) groups excluding carboxylic acids is 1. The van der Waals surface area contributed by atoms with E-state index in [1.54, 1.807) is 6.07 Å². The number of para-hydroxylation sites is 1. The lowest BCUT2D eigenvalue weighted by atomic mass is 10.1. The van der Waals surface area contributed by atoms with Crippen LogP contribution in [0.3, 0.4) is 0 Å². The van der Waals surface area contributed by atoms with Gasteiger partial charge < -0.3 is 5.32 Å². The van der Waals surface area contributed by atoms with Gasteiger partial charge in [0.15, 0.2) is 0 Å². The Bertz CT molecular complexity index is 933. The SMILES string of the molecule is CCc1ccccc1NC(=O)Cn1nc(-c2ccccc2)ccc1=O. The van der Waals surface area contributed by atoms with E-state index in [0.717, 1.165) is 23.2 Å². The Morgan fingerprint density at radius 2 is 1.72 bits per heavy atom. The van der Waals surface area contributed by atoms with E-state index in [0.29, 0.717) is 5.69 Å². The molecule has 0 saturated heterocycles. The van der Waals surface area contributed by atoms with Gasteiger partial charge in [0.25, 0.3) is 5.56 Å². The molecule has 0 bridgehead atoms. The third kappa shape index (κ3) is 4.01. The predicted molar refractivity (Wildman–Crippen MR) is 98.4 cm³/mol.